The first kappa shape index (κ1) is 18.4. The molecule has 2 heterocycles. The molecular formula is C23H24N6O. The zero-order chi connectivity index (χ0) is 20.3. The van der Waals surface area contributed by atoms with Crippen LogP contribution in [0.3, 0.4) is 0 Å². The highest BCUT2D eigenvalue weighted by atomic mass is 16.5. The number of anilines is 3. The lowest BCUT2D eigenvalue weighted by Gasteiger charge is -2.14. The fraction of sp³-hybridized carbons (Fsp3) is 0.261. The van der Waals surface area contributed by atoms with Gasteiger partial charge in [0.15, 0.2) is 5.65 Å². The van der Waals surface area contributed by atoms with Crippen LogP contribution in [0.5, 0.6) is 5.75 Å². The van der Waals surface area contributed by atoms with Gasteiger partial charge in [0, 0.05) is 17.8 Å². The van der Waals surface area contributed by atoms with E-state index in [9.17, 15) is 0 Å². The first-order valence-electron chi connectivity index (χ1n) is 10.3. The molecule has 0 unspecified atom stereocenters. The fourth-order valence-corrected chi connectivity index (χ4v) is 3.92. The van der Waals surface area contributed by atoms with E-state index in [1.165, 1.54) is 12.8 Å². The Balaban J connectivity index is 1.59. The second kappa shape index (κ2) is 8.02. The van der Waals surface area contributed by atoms with Gasteiger partial charge >= 0.3 is 0 Å². The van der Waals surface area contributed by atoms with E-state index in [4.69, 9.17) is 14.7 Å². The molecule has 0 spiro atoms. The van der Waals surface area contributed by atoms with Crippen molar-refractivity contribution in [1.29, 1.82) is 0 Å². The third kappa shape index (κ3) is 3.66. The van der Waals surface area contributed by atoms with Crippen LogP contribution in [0.2, 0.25) is 0 Å². The predicted octanol–water partition coefficient (Wildman–Crippen LogP) is 4.92. The van der Waals surface area contributed by atoms with Crippen LogP contribution in [-0.4, -0.2) is 32.9 Å². The van der Waals surface area contributed by atoms with Gasteiger partial charge in [-0.3, -0.25) is 0 Å². The number of aromatic nitrogens is 4. The maximum Gasteiger partial charge on any atom is 0.226 e. The molecule has 1 fully saturated rings. The van der Waals surface area contributed by atoms with Gasteiger partial charge in [0.05, 0.1) is 24.4 Å². The maximum atomic E-state index is 5.35. The van der Waals surface area contributed by atoms with Crippen molar-refractivity contribution in [2.24, 2.45) is 0 Å². The monoisotopic (exact) mass is 400 g/mol. The van der Waals surface area contributed by atoms with E-state index < -0.39 is 0 Å². The second-order valence-electron chi connectivity index (χ2n) is 7.51. The molecule has 0 radical (unpaired) electrons. The minimum Gasteiger partial charge on any atom is -0.497 e. The molecule has 0 amide bonds. The number of nitrogens with zero attached hydrogens (tertiary/aromatic N) is 4. The Morgan fingerprint density at radius 1 is 1.00 bits per heavy atom. The van der Waals surface area contributed by atoms with Gasteiger partial charge in [-0.15, -0.1) is 0 Å². The van der Waals surface area contributed by atoms with Crippen molar-refractivity contribution in [3.63, 3.8) is 0 Å². The Labute approximate surface area is 175 Å². The summed E-state index contributed by atoms with van der Waals surface area (Å²) in [7, 11) is 1.66. The topological polar surface area (TPSA) is 76.9 Å². The highest BCUT2D eigenvalue weighted by Gasteiger charge is 2.19. The van der Waals surface area contributed by atoms with Gasteiger partial charge in [-0.2, -0.15) is 15.1 Å². The molecule has 0 aliphatic heterocycles. The Bertz CT molecular complexity index is 1150. The molecule has 30 heavy (non-hydrogen) atoms. The number of fused-ring (bicyclic) bond motifs is 1. The zero-order valence-electron chi connectivity index (χ0n) is 16.9. The minimum absolute atomic E-state index is 0.417. The van der Waals surface area contributed by atoms with Gasteiger partial charge < -0.3 is 15.4 Å². The van der Waals surface area contributed by atoms with E-state index >= 15 is 0 Å². The average molecular weight is 400 g/mol. The molecule has 0 saturated heterocycles. The summed E-state index contributed by atoms with van der Waals surface area (Å²) in [4.78, 5) is 9.62. The van der Waals surface area contributed by atoms with Gasteiger partial charge in [0.1, 0.15) is 11.6 Å². The van der Waals surface area contributed by atoms with Crippen molar-refractivity contribution in [2.75, 3.05) is 17.7 Å². The number of para-hydroxylation sites is 1. The van der Waals surface area contributed by atoms with Crippen molar-refractivity contribution < 1.29 is 4.74 Å². The molecule has 1 aliphatic rings. The van der Waals surface area contributed by atoms with Crippen LogP contribution in [0.25, 0.3) is 16.7 Å². The SMILES string of the molecule is COc1cccc(Nc2nc(NC3CCCC3)nc3c2cnn3-c2ccccc2)c1. The highest BCUT2D eigenvalue weighted by molar-refractivity contribution is 5.90. The van der Waals surface area contributed by atoms with E-state index in [1.54, 1.807) is 7.11 Å². The molecule has 5 rings (SSSR count). The maximum absolute atomic E-state index is 5.35. The van der Waals surface area contributed by atoms with Crippen molar-refractivity contribution in [3.05, 3.63) is 60.8 Å². The first-order valence-corrected chi connectivity index (χ1v) is 10.3. The lowest BCUT2D eigenvalue weighted by Crippen LogP contribution is -2.17. The summed E-state index contributed by atoms with van der Waals surface area (Å²) in [5.74, 6) is 2.13. The Hall–Kier alpha value is -3.61. The van der Waals surface area contributed by atoms with Gasteiger partial charge in [0.25, 0.3) is 0 Å². The Morgan fingerprint density at radius 3 is 2.63 bits per heavy atom. The van der Waals surface area contributed by atoms with Crippen LogP contribution in [0.4, 0.5) is 17.5 Å². The van der Waals surface area contributed by atoms with E-state index in [0.29, 0.717) is 12.0 Å². The largest absolute Gasteiger partial charge is 0.497 e. The van der Waals surface area contributed by atoms with Crippen LogP contribution >= 0.6 is 0 Å². The number of hydrogen-bond acceptors (Lipinski definition) is 6. The average Bonchev–Trinajstić information content (AvgIpc) is 3.45. The molecule has 4 aromatic rings. The van der Waals surface area contributed by atoms with Gasteiger partial charge in [-0.25, -0.2) is 4.68 Å². The highest BCUT2D eigenvalue weighted by Crippen LogP contribution is 2.29. The lowest BCUT2D eigenvalue weighted by atomic mass is 10.2. The molecule has 2 aromatic carbocycles. The number of hydrogen-bond donors (Lipinski definition) is 2. The number of methoxy groups -OCH3 is 1. The normalized spacial score (nSPS) is 14.2. The summed E-state index contributed by atoms with van der Waals surface area (Å²) in [6, 6.07) is 18.2. The molecule has 7 nitrogen and oxygen atoms in total. The summed E-state index contributed by atoms with van der Waals surface area (Å²) in [6.45, 7) is 0. The van der Waals surface area contributed by atoms with Crippen molar-refractivity contribution in [3.8, 4) is 11.4 Å². The summed E-state index contributed by atoms with van der Waals surface area (Å²) in [5.41, 5.74) is 2.63. The van der Waals surface area contributed by atoms with Gasteiger partial charge in [-0.05, 0) is 37.1 Å². The molecule has 152 valence electrons. The van der Waals surface area contributed by atoms with Crippen LogP contribution in [0.1, 0.15) is 25.7 Å². The summed E-state index contributed by atoms with van der Waals surface area (Å²) < 4.78 is 7.21. The fourth-order valence-electron chi connectivity index (χ4n) is 3.92. The molecule has 1 aliphatic carbocycles. The van der Waals surface area contributed by atoms with Crippen LogP contribution in [-0.2, 0) is 0 Å². The van der Waals surface area contributed by atoms with E-state index in [2.05, 4.69) is 15.7 Å². The van der Waals surface area contributed by atoms with E-state index in [-0.39, 0.29) is 0 Å². The molecular weight excluding hydrogens is 376 g/mol. The van der Waals surface area contributed by atoms with Crippen LogP contribution < -0.4 is 15.4 Å². The number of ether oxygens (including phenoxy) is 1. The minimum atomic E-state index is 0.417. The number of benzene rings is 2. The van der Waals surface area contributed by atoms with Gasteiger partial charge in [0.2, 0.25) is 5.95 Å². The summed E-state index contributed by atoms with van der Waals surface area (Å²) in [5, 5.41) is 12.4. The van der Waals surface area contributed by atoms with Crippen molar-refractivity contribution in [2.45, 2.75) is 31.7 Å². The number of nitrogens with one attached hydrogen (secondary N) is 2. The molecule has 7 heteroatoms. The molecule has 0 atom stereocenters. The standard InChI is InChI=1S/C23H24N6O/c1-30-19-13-7-10-17(14-19)25-21-20-15-24-29(18-11-3-2-4-12-18)22(20)28-23(27-21)26-16-8-5-6-9-16/h2-4,7,10-16H,5-6,8-9H2,1H3,(H2,25,26,27,28). The third-order valence-corrected chi connectivity index (χ3v) is 5.45. The third-order valence-electron chi connectivity index (χ3n) is 5.45. The summed E-state index contributed by atoms with van der Waals surface area (Å²) >= 11 is 0. The van der Waals surface area contributed by atoms with Crippen molar-refractivity contribution in [1.82, 2.24) is 19.7 Å². The van der Waals surface area contributed by atoms with E-state index in [1.807, 2.05) is 65.5 Å². The Kier molecular flexibility index (Phi) is 4.93. The van der Waals surface area contributed by atoms with Crippen LogP contribution in [0.15, 0.2) is 60.8 Å². The first-order chi connectivity index (χ1) is 14.8. The molecule has 2 aromatic heterocycles. The van der Waals surface area contributed by atoms with E-state index in [0.717, 1.165) is 46.8 Å². The summed E-state index contributed by atoms with van der Waals surface area (Å²) in [6.07, 6.45) is 6.60. The lowest BCUT2D eigenvalue weighted by molar-refractivity contribution is 0.415. The molecule has 0 bridgehead atoms. The van der Waals surface area contributed by atoms with Gasteiger partial charge in [-0.1, -0.05) is 37.1 Å². The zero-order valence-corrected chi connectivity index (χ0v) is 16.9. The smallest absolute Gasteiger partial charge is 0.226 e. The molecule has 2 N–H and O–H groups in total. The predicted molar refractivity (Wildman–Crippen MR) is 119 cm³/mol. The Morgan fingerprint density at radius 2 is 1.83 bits per heavy atom. The molecule has 1 saturated carbocycles. The van der Waals surface area contributed by atoms with Crippen LogP contribution in [0, 0.1) is 0 Å². The number of rotatable bonds is 6. The quantitative estimate of drug-likeness (QED) is 0.478. The van der Waals surface area contributed by atoms with Crippen molar-refractivity contribution >= 4 is 28.5 Å². The second-order valence-corrected chi connectivity index (χ2v) is 7.51.